The van der Waals surface area contributed by atoms with Gasteiger partial charge in [-0.25, -0.2) is 9.97 Å². The van der Waals surface area contributed by atoms with E-state index >= 15 is 0 Å². The molecule has 8 rings (SSSR count). The Morgan fingerprint density at radius 1 is 0.800 bits per heavy atom. The van der Waals surface area contributed by atoms with Gasteiger partial charge in [0.05, 0.1) is 23.4 Å². The second kappa shape index (κ2) is 18.6. The largest absolute Gasteiger partial charge is 0.368 e. The zero-order valence-corrected chi connectivity index (χ0v) is 34.7. The summed E-state index contributed by atoms with van der Waals surface area (Å²) in [7, 11) is 1.58. The monoisotopic (exact) mass is 833 g/mol. The minimum atomic E-state index is -0.312. The van der Waals surface area contributed by atoms with Gasteiger partial charge in [0.15, 0.2) is 5.82 Å². The van der Waals surface area contributed by atoms with Crippen LogP contribution in [0.2, 0.25) is 5.02 Å². The number of nitrogens with one attached hydrogen (secondary N) is 4. The van der Waals surface area contributed by atoms with Crippen LogP contribution >= 0.6 is 11.6 Å². The molecule has 4 fully saturated rings. The number of hydrogen-bond acceptors (Lipinski definition) is 12. The lowest BCUT2D eigenvalue weighted by Crippen LogP contribution is -2.52. The number of amides is 4. The topological polar surface area (TPSA) is 168 Å². The standard InChI is InChI=1S/C44H52ClN11O4/c1-46-41(58)35-4-2-3-5-37(35)50-40-36(45)27-48-44(52-40)49-32-7-9-33(10-8-32)54-22-24-56(25-23-54)43(60)30-16-18-53(19-17-30)28-29-14-20-55(21-15-29)38-12-6-31(26-47-38)34-11-13-39(57)51-42(34)59/h2-10,12,26-27,29-30,34H,11,13-25,28H2,1H3,(H,46,58)(H,51,57,59)(H2,48,49,50,52). The molecule has 0 bridgehead atoms. The summed E-state index contributed by atoms with van der Waals surface area (Å²) < 4.78 is 0. The van der Waals surface area contributed by atoms with Gasteiger partial charge in [-0.1, -0.05) is 29.8 Å². The normalized spacial score (nSPS) is 19.5. The molecule has 1 unspecified atom stereocenters. The van der Waals surface area contributed by atoms with E-state index in [-0.39, 0.29) is 29.6 Å². The number of halogens is 1. The van der Waals surface area contributed by atoms with Crippen molar-refractivity contribution in [2.24, 2.45) is 11.8 Å². The number of carbonyl (C=O) groups is 4. The number of benzene rings is 2. The SMILES string of the molecule is CNC(=O)c1ccccc1Nc1nc(Nc2ccc(N3CCN(C(=O)C4CCN(CC5CCN(c6ccc(C7CCC(=O)NC7=O)cn6)CC5)CC4)CC3)cc2)ncc1Cl. The van der Waals surface area contributed by atoms with Crippen molar-refractivity contribution in [3.63, 3.8) is 0 Å². The van der Waals surface area contributed by atoms with Crippen LogP contribution in [-0.4, -0.2) is 114 Å². The number of hydrogen-bond donors (Lipinski definition) is 4. The number of aromatic nitrogens is 3. The number of anilines is 6. The van der Waals surface area contributed by atoms with Gasteiger partial charge >= 0.3 is 0 Å². The highest BCUT2D eigenvalue weighted by molar-refractivity contribution is 6.33. The smallest absolute Gasteiger partial charge is 0.253 e. The van der Waals surface area contributed by atoms with Crippen LogP contribution < -0.4 is 31.1 Å². The lowest BCUT2D eigenvalue weighted by atomic mass is 9.91. The summed E-state index contributed by atoms with van der Waals surface area (Å²) in [6, 6.07) is 19.2. The third-order valence-corrected chi connectivity index (χ3v) is 12.6. The Morgan fingerprint density at radius 3 is 2.25 bits per heavy atom. The molecule has 4 saturated heterocycles. The summed E-state index contributed by atoms with van der Waals surface area (Å²) in [6.45, 7) is 7.89. The molecule has 4 aliphatic rings. The Hall–Kier alpha value is -5.80. The van der Waals surface area contributed by atoms with Crippen LogP contribution in [0, 0.1) is 11.8 Å². The van der Waals surface area contributed by atoms with E-state index in [1.165, 1.54) is 6.20 Å². The number of rotatable bonds is 11. The van der Waals surface area contributed by atoms with Crippen LogP contribution in [0.5, 0.6) is 0 Å². The summed E-state index contributed by atoms with van der Waals surface area (Å²) in [5.74, 6) is 1.72. The number of likely N-dealkylation sites (tertiary alicyclic amines) is 1. The van der Waals surface area contributed by atoms with E-state index in [2.05, 4.69) is 68.0 Å². The molecule has 0 spiro atoms. The summed E-state index contributed by atoms with van der Waals surface area (Å²) in [5.41, 5.74) is 3.82. The quantitative estimate of drug-likeness (QED) is 0.147. The predicted molar refractivity (Wildman–Crippen MR) is 232 cm³/mol. The number of nitrogens with zero attached hydrogens (tertiary/aromatic N) is 7. The molecule has 2 aromatic carbocycles. The molecule has 4 N–H and O–H groups in total. The van der Waals surface area contributed by atoms with Crippen molar-refractivity contribution in [1.29, 1.82) is 0 Å². The highest BCUT2D eigenvalue weighted by atomic mass is 35.5. The molecule has 0 radical (unpaired) electrons. The van der Waals surface area contributed by atoms with E-state index in [0.717, 1.165) is 94.3 Å². The minimum absolute atomic E-state index is 0.0885. The summed E-state index contributed by atoms with van der Waals surface area (Å²) in [4.78, 5) is 72.6. The first-order valence-electron chi connectivity index (χ1n) is 21.0. The first kappa shape index (κ1) is 41.0. The number of piperidine rings is 3. The molecular formula is C44H52ClN11O4. The zero-order chi connectivity index (χ0) is 41.6. The third kappa shape index (κ3) is 9.63. The molecule has 6 heterocycles. The van der Waals surface area contributed by atoms with E-state index in [9.17, 15) is 19.2 Å². The first-order valence-corrected chi connectivity index (χ1v) is 21.4. The first-order chi connectivity index (χ1) is 29.2. The lowest BCUT2D eigenvalue weighted by Gasteiger charge is -2.40. The van der Waals surface area contributed by atoms with Gasteiger partial charge in [0.2, 0.25) is 23.7 Å². The molecule has 314 valence electrons. The summed E-state index contributed by atoms with van der Waals surface area (Å²) >= 11 is 6.41. The fourth-order valence-electron chi connectivity index (χ4n) is 8.77. The van der Waals surface area contributed by atoms with Crippen molar-refractivity contribution in [1.82, 2.24) is 35.4 Å². The minimum Gasteiger partial charge on any atom is -0.368 e. The van der Waals surface area contributed by atoms with Gasteiger partial charge < -0.3 is 35.6 Å². The highest BCUT2D eigenvalue weighted by Gasteiger charge is 2.32. The lowest BCUT2D eigenvalue weighted by molar-refractivity contribution is -0.137. The van der Waals surface area contributed by atoms with E-state index in [4.69, 9.17) is 11.6 Å². The van der Waals surface area contributed by atoms with Crippen molar-refractivity contribution in [2.45, 2.75) is 44.4 Å². The van der Waals surface area contributed by atoms with E-state index in [1.54, 1.807) is 31.4 Å². The fourth-order valence-corrected chi connectivity index (χ4v) is 8.91. The van der Waals surface area contributed by atoms with Gasteiger partial charge in [-0.2, -0.15) is 4.98 Å². The van der Waals surface area contributed by atoms with Crippen molar-refractivity contribution in [2.75, 3.05) is 86.4 Å². The van der Waals surface area contributed by atoms with Gasteiger partial charge in [0.1, 0.15) is 10.8 Å². The van der Waals surface area contributed by atoms with Crippen LogP contribution in [0.1, 0.15) is 60.4 Å². The van der Waals surface area contributed by atoms with Crippen molar-refractivity contribution in [3.05, 3.63) is 89.2 Å². The zero-order valence-electron chi connectivity index (χ0n) is 33.9. The van der Waals surface area contributed by atoms with Crippen molar-refractivity contribution in [3.8, 4) is 0 Å². The van der Waals surface area contributed by atoms with Crippen molar-refractivity contribution >= 4 is 69.9 Å². The third-order valence-electron chi connectivity index (χ3n) is 12.3. The molecule has 4 aliphatic heterocycles. The van der Waals surface area contributed by atoms with Crippen LogP contribution in [-0.2, 0) is 14.4 Å². The van der Waals surface area contributed by atoms with Gasteiger partial charge in [-0.15, -0.1) is 0 Å². The number of pyridine rings is 1. The average molecular weight is 834 g/mol. The second-order valence-electron chi connectivity index (χ2n) is 16.1. The van der Waals surface area contributed by atoms with Gasteiger partial charge in [-0.3, -0.25) is 24.5 Å². The highest BCUT2D eigenvalue weighted by Crippen LogP contribution is 2.31. The maximum absolute atomic E-state index is 13.6. The summed E-state index contributed by atoms with van der Waals surface area (Å²) in [5, 5.41) is 11.8. The van der Waals surface area contributed by atoms with Crippen LogP contribution in [0.15, 0.2) is 73.1 Å². The van der Waals surface area contributed by atoms with E-state index in [0.29, 0.717) is 65.8 Å². The number of para-hydroxylation sites is 1. The number of piperazine rings is 1. The Kier molecular flexibility index (Phi) is 12.7. The molecule has 15 nitrogen and oxygen atoms in total. The molecular weight excluding hydrogens is 782 g/mol. The second-order valence-corrected chi connectivity index (χ2v) is 16.5. The molecule has 0 aliphatic carbocycles. The Bertz CT molecular complexity index is 2170. The molecule has 2 aromatic heterocycles. The fraction of sp³-hybridized carbons (Fsp3) is 0.432. The number of carbonyl (C=O) groups excluding carboxylic acids is 4. The van der Waals surface area contributed by atoms with Crippen molar-refractivity contribution < 1.29 is 19.2 Å². The Labute approximate surface area is 355 Å². The summed E-state index contributed by atoms with van der Waals surface area (Å²) in [6.07, 6.45) is 8.23. The predicted octanol–water partition coefficient (Wildman–Crippen LogP) is 5.17. The van der Waals surface area contributed by atoms with E-state index < -0.39 is 0 Å². The van der Waals surface area contributed by atoms with Crippen LogP contribution in [0.3, 0.4) is 0 Å². The average Bonchev–Trinajstić information content (AvgIpc) is 3.28. The molecule has 60 heavy (non-hydrogen) atoms. The Balaban J connectivity index is 0.749. The Morgan fingerprint density at radius 2 is 1.55 bits per heavy atom. The molecule has 4 aromatic rings. The molecule has 0 saturated carbocycles. The maximum Gasteiger partial charge on any atom is 0.253 e. The molecule has 4 amide bonds. The van der Waals surface area contributed by atoms with Gasteiger partial charge in [0.25, 0.3) is 5.91 Å². The maximum atomic E-state index is 13.6. The van der Waals surface area contributed by atoms with Gasteiger partial charge in [0, 0.05) is 82.8 Å². The van der Waals surface area contributed by atoms with Crippen LogP contribution in [0.4, 0.5) is 34.6 Å². The molecule has 16 heteroatoms. The van der Waals surface area contributed by atoms with E-state index in [1.807, 2.05) is 30.3 Å². The number of imide groups is 1. The van der Waals surface area contributed by atoms with Crippen LogP contribution in [0.25, 0.3) is 0 Å². The van der Waals surface area contributed by atoms with Gasteiger partial charge in [-0.05, 0) is 99.1 Å². The molecule has 1 atom stereocenters.